The number of carbonyl (C=O) groups is 2. The number of hydrogen-bond donors (Lipinski definition) is 1. The third-order valence-corrected chi connectivity index (χ3v) is 9.31. The normalized spacial score (nSPS) is 15.6. The molecule has 1 fully saturated rings. The van der Waals surface area contributed by atoms with E-state index in [2.05, 4.69) is 25.1 Å². The molecule has 3 amide bonds. The second kappa shape index (κ2) is 13.2. The molecule has 1 atom stereocenters. The quantitative estimate of drug-likeness (QED) is 0.211. The van der Waals surface area contributed by atoms with Gasteiger partial charge in [0.1, 0.15) is 12.1 Å². The van der Waals surface area contributed by atoms with Crippen molar-refractivity contribution in [3.63, 3.8) is 0 Å². The minimum absolute atomic E-state index is 0.0392. The first-order valence-corrected chi connectivity index (χ1v) is 16.1. The Hall–Kier alpha value is -4.82. The van der Waals surface area contributed by atoms with Crippen molar-refractivity contribution in [2.45, 2.75) is 29.6 Å². The van der Waals surface area contributed by atoms with Crippen molar-refractivity contribution in [2.24, 2.45) is 4.99 Å². The number of alkyl halides is 6. The lowest BCUT2D eigenvalue weighted by Crippen LogP contribution is -2.33. The minimum Gasteiger partial charge on any atom is -0.367 e. The van der Waals surface area contributed by atoms with Crippen LogP contribution >= 0.6 is 11.8 Å². The third-order valence-electron chi connectivity index (χ3n) is 6.88. The van der Waals surface area contributed by atoms with E-state index in [1.807, 2.05) is 0 Å². The number of benzene rings is 3. The molecule has 1 N–H and O–H groups in total. The summed E-state index contributed by atoms with van der Waals surface area (Å²) in [4.78, 5) is 33.3. The van der Waals surface area contributed by atoms with Gasteiger partial charge >= 0.3 is 17.7 Å². The van der Waals surface area contributed by atoms with Gasteiger partial charge in [-0.3, -0.25) is 9.69 Å². The Kier molecular flexibility index (Phi) is 9.59. The molecule has 0 aliphatic carbocycles. The largest absolute Gasteiger partial charge is 0.501 e. The molecule has 258 valence electrons. The highest BCUT2D eigenvalue weighted by molar-refractivity contribution is 8.15. The Morgan fingerprint density at radius 3 is 2.35 bits per heavy atom. The number of anilines is 2. The zero-order valence-corrected chi connectivity index (χ0v) is 26.5. The van der Waals surface area contributed by atoms with E-state index in [0.29, 0.717) is 5.56 Å². The molecule has 0 radical (unpaired) electrons. The Labute approximate surface area is 276 Å². The fraction of sp³-hybridized carbons (Fsp3) is 0.207. The summed E-state index contributed by atoms with van der Waals surface area (Å²) in [5.41, 5.74) is -5.62. The lowest BCUT2D eigenvalue weighted by Gasteiger charge is -2.26. The smallest absolute Gasteiger partial charge is 0.367 e. The standard InChI is InChI=1S/C29H21F7N6O5S2/c1-15-3-9-19(24(47-2)28(31,32)33)22(11-15)42-23(43)13-48-27(42)39-26(44)38-21-10-4-16(12-20(21)30)25-37-14-41(40-25)17-5-7-18(8-6-17)49(45,46)29(34,35)36/h3-12,14,24H,13H2,1-2H3,(H,38,44)/b39-27-. The van der Waals surface area contributed by atoms with Crippen LogP contribution in [0.15, 0.2) is 76.9 Å². The number of aromatic nitrogens is 3. The van der Waals surface area contributed by atoms with Gasteiger partial charge in [0.05, 0.1) is 27.7 Å². The fourth-order valence-electron chi connectivity index (χ4n) is 4.60. The Bertz CT molecular complexity index is 2070. The van der Waals surface area contributed by atoms with Crippen molar-refractivity contribution in [1.82, 2.24) is 14.8 Å². The average molecular weight is 731 g/mol. The molecule has 20 heteroatoms. The molecule has 0 bridgehead atoms. The second-order valence-corrected chi connectivity index (χ2v) is 13.1. The lowest BCUT2D eigenvalue weighted by atomic mass is 10.0. The van der Waals surface area contributed by atoms with Crippen LogP contribution in [0.2, 0.25) is 0 Å². The Morgan fingerprint density at radius 2 is 1.73 bits per heavy atom. The molecule has 49 heavy (non-hydrogen) atoms. The summed E-state index contributed by atoms with van der Waals surface area (Å²) in [5, 5.41) is 6.09. The zero-order valence-electron chi connectivity index (χ0n) is 24.9. The first kappa shape index (κ1) is 35.5. The van der Waals surface area contributed by atoms with E-state index in [9.17, 15) is 44.3 Å². The predicted octanol–water partition coefficient (Wildman–Crippen LogP) is 6.59. The number of hydrogen-bond acceptors (Lipinski definition) is 8. The van der Waals surface area contributed by atoms with Crippen molar-refractivity contribution < 1.29 is 53.5 Å². The summed E-state index contributed by atoms with van der Waals surface area (Å²) in [6.07, 6.45) is -6.05. The molecular formula is C29H21F7N6O5S2. The van der Waals surface area contributed by atoms with Gasteiger partial charge in [-0.2, -0.15) is 31.3 Å². The van der Waals surface area contributed by atoms with Crippen molar-refractivity contribution in [1.29, 1.82) is 0 Å². The second-order valence-electron chi connectivity index (χ2n) is 10.2. The first-order valence-electron chi connectivity index (χ1n) is 13.6. The van der Waals surface area contributed by atoms with E-state index < -0.39 is 50.3 Å². The summed E-state index contributed by atoms with van der Waals surface area (Å²) < 4.78 is 124. The summed E-state index contributed by atoms with van der Waals surface area (Å²) in [6, 6.07) is 9.83. The molecule has 1 unspecified atom stereocenters. The first-order chi connectivity index (χ1) is 22.9. The fourth-order valence-corrected chi connectivity index (χ4v) is 6.22. The van der Waals surface area contributed by atoms with E-state index in [0.717, 1.165) is 77.2 Å². The van der Waals surface area contributed by atoms with Crippen LogP contribution in [0.5, 0.6) is 0 Å². The van der Waals surface area contributed by atoms with Gasteiger partial charge in [0, 0.05) is 18.2 Å². The molecule has 1 aromatic heterocycles. The van der Waals surface area contributed by atoms with Gasteiger partial charge in [-0.25, -0.2) is 27.3 Å². The third kappa shape index (κ3) is 7.30. The van der Waals surface area contributed by atoms with E-state index in [4.69, 9.17) is 0 Å². The van der Waals surface area contributed by atoms with Crippen LogP contribution < -0.4 is 10.2 Å². The number of nitrogens with zero attached hydrogens (tertiary/aromatic N) is 5. The number of thioether (sulfide) groups is 1. The number of halogens is 7. The van der Waals surface area contributed by atoms with E-state index in [-0.39, 0.29) is 44.9 Å². The van der Waals surface area contributed by atoms with Crippen LogP contribution in [-0.4, -0.2) is 64.8 Å². The number of carbonyl (C=O) groups excluding carboxylic acids is 2. The number of aryl methyl sites for hydroxylation is 1. The highest BCUT2D eigenvalue weighted by Gasteiger charge is 2.47. The molecule has 0 spiro atoms. The van der Waals surface area contributed by atoms with Gasteiger partial charge in [-0.1, -0.05) is 23.9 Å². The maximum absolute atomic E-state index is 15.1. The van der Waals surface area contributed by atoms with Crippen molar-refractivity contribution in [3.05, 3.63) is 83.9 Å². The Balaban J connectivity index is 1.34. The number of nitrogens with one attached hydrogen (secondary N) is 1. The molecule has 4 aromatic rings. The van der Waals surface area contributed by atoms with E-state index in [1.165, 1.54) is 18.2 Å². The molecule has 5 rings (SSSR count). The Morgan fingerprint density at radius 1 is 1.04 bits per heavy atom. The number of sulfone groups is 1. The number of aliphatic imine (C=N–C) groups is 1. The summed E-state index contributed by atoms with van der Waals surface area (Å²) >= 11 is 0.792. The molecular weight excluding hydrogens is 709 g/mol. The van der Waals surface area contributed by atoms with Gasteiger partial charge in [-0.15, -0.1) is 5.10 Å². The van der Waals surface area contributed by atoms with Gasteiger partial charge in [-0.05, 0) is 61.0 Å². The monoisotopic (exact) mass is 730 g/mol. The minimum atomic E-state index is -5.55. The molecule has 1 aliphatic heterocycles. The molecule has 0 saturated carbocycles. The SMILES string of the molecule is COC(c1ccc(C)cc1N1C(=O)CS/C1=N\C(=O)Nc1ccc(-c2ncn(-c3ccc(S(=O)(=O)C(F)(F)F)cc3)n2)cc1F)C(F)(F)F. The number of ether oxygens (including phenoxy) is 1. The van der Waals surface area contributed by atoms with Crippen molar-refractivity contribution in [2.75, 3.05) is 23.1 Å². The van der Waals surface area contributed by atoms with Crippen LogP contribution in [0, 0.1) is 12.7 Å². The molecule has 1 saturated heterocycles. The molecule has 1 aliphatic rings. The van der Waals surface area contributed by atoms with Gasteiger partial charge in [0.2, 0.25) is 5.91 Å². The summed E-state index contributed by atoms with van der Waals surface area (Å²) in [5.74, 6) is -1.89. The van der Waals surface area contributed by atoms with Crippen molar-refractivity contribution >= 4 is 50.1 Å². The molecule has 3 aromatic carbocycles. The lowest BCUT2D eigenvalue weighted by molar-refractivity contribution is -0.215. The van der Waals surface area contributed by atoms with Crippen LogP contribution in [0.25, 0.3) is 17.1 Å². The van der Waals surface area contributed by atoms with Gasteiger partial charge in [0.15, 0.2) is 17.1 Å². The summed E-state index contributed by atoms with van der Waals surface area (Å²) in [6.45, 7) is 1.60. The highest BCUT2D eigenvalue weighted by atomic mass is 32.2. The van der Waals surface area contributed by atoms with Crippen LogP contribution in [0.4, 0.5) is 46.9 Å². The number of urea groups is 1. The molecule has 2 heterocycles. The van der Waals surface area contributed by atoms with E-state index >= 15 is 4.39 Å². The average Bonchev–Trinajstić information content (AvgIpc) is 3.65. The number of rotatable bonds is 7. The number of amides is 3. The number of amidine groups is 1. The van der Waals surface area contributed by atoms with Crippen LogP contribution in [-0.2, 0) is 19.4 Å². The van der Waals surface area contributed by atoms with Crippen LogP contribution in [0.1, 0.15) is 17.2 Å². The summed E-state index contributed by atoms with van der Waals surface area (Å²) in [7, 11) is -4.69. The van der Waals surface area contributed by atoms with Crippen LogP contribution in [0.3, 0.4) is 0 Å². The number of methoxy groups -OCH3 is 1. The molecule has 11 nitrogen and oxygen atoms in total. The maximum Gasteiger partial charge on any atom is 0.501 e. The van der Waals surface area contributed by atoms with E-state index in [1.54, 1.807) is 6.92 Å². The maximum atomic E-state index is 15.1. The zero-order chi connectivity index (χ0) is 35.9. The topological polar surface area (TPSA) is 136 Å². The van der Waals surface area contributed by atoms with Crippen molar-refractivity contribution in [3.8, 4) is 17.1 Å². The highest BCUT2D eigenvalue weighted by Crippen LogP contribution is 2.42. The van der Waals surface area contributed by atoms with Gasteiger partial charge < -0.3 is 10.1 Å². The van der Waals surface area contributed by atoms with Gasteiger partial charge in [0.25, 0.3) is 9.84 Å². The predicted molar refractivity (Wildman–Crippen MR) is 163 cm³/mol.